The maximum absolute atomic E-state index is 12.2. The molecular weight excluding hydrogens is 316 g/mol. The third-order valence-corrected chi connectivity index (χ3v) is 5.00. The van der Waals surface area contributed by atoms with Crippen LogP contribution in [0.3, 0.4) is 0 Å². The zero-order valence-corrected chi connectivity index (χ0v) is 14.6. The zero-order chi connectivity index (χ0) is 16.3. The Morgan fingerprint density at radius 2 is 2.00 bits per heavy atom. The van der Waals surface area contributed by atoms with E-state index in [-0.39, 0.29) is 11.7 Å². The Balaban J connectivity index is 2.29. The second-order valence-electron chi connectivity index (χ2n) is 4.84. The van der Waals surface area contributed by atoms with Gasteiger partial charge in [-0.05, 0) is 39.0 Å². The third-order valence-electron chi connectivity index (χ3n) is 3.62. The fourth-order valence-corrected chi connectivity index (χ4v) is 3.73. The standard InChI is InChI=1S/C16H20N2O2S2/c1-4-17(5-2)12-8-7-11(13(19)10-12)9-14-15(20)18(6-3)16(21)22-14/h7-10,19H,4-6H2,1-3H3/b14-9+. The fourth-order valence-electron chi connectivity index (χ4n) is 2.35. The molecule has 1 N–H and O–H groups in total. The Hall–Kier alpha value is -1.53. The lowest BCUT2D eigenvalue weighted by Gasteiger charge is -2.21. The number of phenolic OH excluding ortho intramolecular Hbond substituents is 1. The van der Waals surface area contributed by atoms with Crippen LogP contribution in [0.25, 0.3) is 6.08 Å². The van der Waals surface area contributed by atoms with Crippen molar-refractivity contribution in [2.24, 2.45) is 0 Å². The number of hydrogen-bond acceptors (Lipinski definition) is 5. The molecule has 1 aliphatic rings. The van der Waals surface area contributed by atoms with Crippen LogP contribution in [0.1, 0.15) is 26.3 Å². The number of anilines is 1. The third kappa shape index (κ3) is 3.28. The monoisotopic (exact) mass is 336 g/mol. The average Bonchev–Trinajstić information content (AvgIpc) is 2.77. The SMILES string of the molecule is CCN1C(=O)/C(=C\c2ccc(N(CC)CC)cc2O)SC1=S. The first-order chi connectivity index (χ1) is 10.5. The van der Waals surface area contributed by atoms with E-state index >= 15 is 0 Å². The molecule has 1 saturated heterocycles. The molecule has 1 amide bonds. The van der Waals surface area contributed by atoms with Crippen LogP contribution >= 0.6 is 24.0 Å². The van der Waals surface area contributed by atoms with Gasteiger partial charge in [-0.3, -0.25) is 9.69 Å². The highest BCUT2D eigenvalue weighted by atomic mass is 32.2. The van der Waals surface area contributed by atoms with Crippen LogP contribution in [0.5, 0.6) is 5.75 Å². The number of aromatic hydroxyl groups is 1. The first kappa shape index (κ1) is 16.8. The Kier molecular flexibility index (Phi) is 5.47. The smallest absolute Gasteiger partial charge is 0.266 e. The highest BCUT2D eigenvalue weighted by Gasteiger charge is 2.30. The van der Waals surface area contributed by atoms with Gasteiger partial charge in [0.2, 0.25) is 0 Å². The molecule has 0 atom stereocenters. The van der Waals surface area contributed by atoms with Gasteiger partial charge in [0.1, 0.15) is 10.1 Å². The van der Waals surface area contributed by atoms with Crippen molar-refractivity contribution in [3.63, 3.8) is 0 Å². The molecule has 1 aromatic carbocycles. The molecule has 0 aromatic heterocycles. The van der Waals surface area contributed by atoms with Gasteiger partial charge < -0.3 is 10.0 Å². The van der Waals surface area contributed by atoms with Crippen LogP contribution in [-0.4, -0.2) is 39.9 Å². The number of amides is 1. The van der Waals surface area contributed by atoms with E-state index in [9.17, 15) is 9.90 Å². The lowest BCUT2D eigenvalue weighted by atomic mass is 10.1. The summed E-state index contributed by atoms with van der Waals surface area (Å²) in [4.78, 5) is 16.5. The molecule has 1 fully saturated rings. The topological polar surface area (TPSA) is 43.8 Å². The van der Waals surface area contributed by atoms with Crippen molar-refractivity contribution in [3.05, 3.63) is 28.7 Å². The summed E-state index contributed by atoms with van der Waals surface area (Å²) in [6.45, 7) is 8.36. The van der Waals surface area contributed by atoms with Crippen LogP contribution in [0, 0.1) is 0 Å². The second-order valence-corrected chi connectivity index (χ2v) is 6.52. The minimum atomic E-state index is -0.0929. The Labute approximate surface area is 140 Å². The minimum Gasteiger partial charge on any atom is -0.507 e. The number of likely N-dealkylation sites (N-methyl/N-ethyl adjacent to an activating group) is 1. The summed E-state index contributed by atoms with van der Waals surface area (Å²) in [6.07, 6.45) is 1.70. The molecule has 4 nitrogen and oxygen atoms in total. The predicted octanol–water partition coefficient (Wildman–Crippen LogP) is 3.46. The van der Waals surface area contributed by atoms with E-state index in [1.807, 2.05) is 19.1 Å². The largest absolute Gasteiger partial charge is 0.507 e. The normalized spacial score (nSPS) is 16.7. The van der Waals surface area contributed by atoms with Gasteiger partial charge in [-0.15, -0.1) is 0 Å². The van der Waals surface area contributed by atoms with Crippen molar-refractivity contribution in [2.45, 2.75) is 20.8 Å². The van der Waals surface area contributed by atoms with E-state index in [4.69, 9.17) is 12.2 Å². The first-order valence-electron chi connectivity index (χ1n) is 7.35. The lowest BCUT2D eigenvalue weighted by molar-refractivity contribution is -0.121. The number of nitrogens with zero attached hydrogens (tertiary/aromatic N) is 2. The van der Waals surface area contributed by atoms with Crippen LogP contribution < -0.4 is 4.90 Å². The Morgan fingerprint density at radius 3 is 2.50 bits per heavy atom. The lowest BCUT2D eigenvalue weighted by Crippen LogP contribution is -2.27. The van der Waals surface area contributed by atoms with Crippen LogP contribution in [0.15, 0.2) is 23.1 Å². The number of carbonyl (C=O) groups is 1. The molecule has 0 unspecified atom stereocenters. The van der Waals surface area contributed by atoms with Gasteiger partial charge in [-0.2, -0.15) is 0 Å². The van der Waals surface area contributed by atoms with Gasteiger partial charge >= 0.3 is 0 Å². The van der Waals surface area contributed by atoms with Gasteiger partial charge in [0, 0.05) is 37.0 Å². The molecular formula is C16H20N2O2S2. The Bertz CT molecular complexity index is 625. The summed E-state index contributed by atoms with van der Waals surface area (Å²) in [6, 6.07) is 5.53. The van der Waals surface area contributed by atoms with Gasteiger partial charge in [0.25, 0.3) is 5.91 Å². The van der Waals surface area contributed by atoms with E-state index in [1.165, 1.54) is 11.8 Å². The van der Waals surface area contributed by atoms with Gasteiger partial charge in [0.15, 0.2) is 0 Å². The van der Waals surface area contributed by atoms with Gasteiger partial charge in [-0.1, -0.05) is 24.0 Å². The molecule has 1 heterocycles. The number of rotatable bonds is 5. The highest BCUT2D eigenvalue weighted by Crippen LogP contribution is 2.34. The highest BCUT2D eigenvalue weighted by molar-refractivity contribution is 8.26. The summed E-state index contributed by atoms with van der Waals surface area (Å²) in [5.74, 6) is 0.0795. The molecule has 118 valence electrons. The summed E-state index contributed by atoms with van der Waals surface area (Å²) < 4.78 is 0.568. The van der Waals surface area contributed by atoms with Gasteiger partial charge in [-0.25, -0.2) is 0 Å². The Morgan fingerprint density at radius 1 is 1.32 bits per heavy atom. The van der Waals surface area contributed by atoms with Gasteiger partial charge in [0.05, 0.1) is 4.91 Å². The molecule has 0 saturated carbocycles. The number of hydrogen-bond donors (Lipinski definition) is 1. The average molecular weight is 336 g/mol. The molecule has 1 aromatic rings. The van der Waals surface area contributed by atoms with E-state index in [1.54, 1.807) is 17.0 Å². The summed E-state index contributed by atoms with van der Waals surface area (Å²) in [5.41, 5.74) is 1.60. The van der Waals surface area contributed by atoms with E-state index in [0.717, 1.165) is 18.8 Å². The van der Waals surface area contributed by atoms with Crippen LogP contribution in [0.2, 0.25) is 0 Å². The zero-order valence-electron chi connectivity index (χ0n) is 13.0. The van der Waals surface area contributed by atoms with Crippen molar-refractivity contribution in [3.8, 4) is 5.75 Å². The second kappa shape index (κ2) is 7.15. The molecule has 6 heteroatoms. The molecule has 0 spiro atoms. The summed E-state index contributed by atoms with van der Waals surface area (Å²) in [7, 11) is 0. The maximum atomic E-state index is 12.2. The molecule has 2 rings (SSSR count). The summed E-state index contributed by atoms with van der Waals surface area (Å²) >= 11 is 6.46. The van der Waals surface area contributed by atoms with Crippen molar-refractivity contribution < 1.29 is 9.90 Å². The van der Waals surface area contributed by atoms with Crippen molar-refractivity contribution in [1.29, 1.82) is 0 Å². The predicted molar refractivity (Wildman–Crippen MR) is 97.2 cm³/mol. The quantitative estimate of drug-likeness (QED) is 0.659. The maximum Gasteiger partial charge on any atom is 0.266 e. The van der Waals surface area contributed by atoms with Crippen LogP contribution in [0.4, 0.5) is 5.69 Å². The van der Waals surface area contributed by atoms with E-state index in [2.05, 4.69) is 18.7 Å². The number of benzene rings is 1. The van der Waals surface area contributed by atoms with Crippen LogP contribution in [-0.2, 0) is 4.79 Å². The number of thiocarbonyl (C=S) groups is 1. The van der Waals surface area contributed by atoms with Crippen molar-refractivity contribution >= 4 is 46.0 Å². The number of carbonyl (C=O) groups excluding carboxylic acids is 1. The number of phenols is 1. The molecule has 0 aliphatic carbocycles. The van der Waals surface area contributed by atoms with Crippen molar-refractivity contribution in [1.82, 2.24) is 4.90 Å². The fraction of sp³-hybridized carbons (Fsp3) is 0.375. The molecule has 1 aliphatic heterocycles. The molecule has 0 radical (unpaired) electrons. The molecule has 0 bridgehead atoms. The van der Waals surface area contributed by atoms with E-state index < -0.39 is 0 Å². The first-order valence-corrected chi connectivity index (χ1v) is 8.57. The minimum absolute atomic E-state index is 0.0929. The molecule has 22 heavy (non-hydrogen) atoms. The van der Waals surface area contributed by atoms with Crippen molar-refractivity contribution in [2.75, 3.05) is 24.5 Å². The van der Waals surface area contributed by atoms with E-state index in [0.29, 0.717) is 21.3 Å². The summed E-state index contributed by atoms with van der Waals surface area (Å²) in [5, 5.41) is 10.2. The number of thioether (sulfide) groups is 1.